The molecule has 1 aliphatic heterocycles. The van der Waals surface area contributed by atoms with Crippen LogP contribution in [0, 0.1) is 0 Å². The van der Waals surface area contributed by atoms with E-state index < -0.39 is 10.0 Å². The molecule has 152 valence electrons. The van der Waals surface area contributed by atoms with Crippen molar-refractivity contribution in [1.29, 1.82) is 0 Å². The van der Waals surface area contributed by atoms with E-state index in [9.17, 15) is 13.2 Å². The van der Waals surface area contributed by atoms with Gasteiger partial charge in [0.2, 0.25) is 15.9 Å². The quantitative estimate of drug-likeness (QED) is 0.716. The molecule has 1 amide bonds. The topological polar surface area (TPSA) is 78.5 Å². The van der Waals surface area contributed by atoms with Crippen LogP contribution in [-0.4, -0.2) is 37.9 Å². The second-order valence-corrected chi connectivity index (χ2v) is 10.1. The van der Waals surface area contributed by atoms with Crippen LogP contribution in [0.2, 0.25) is 0 Å². The lowest BCUT2D eigenvalue weighted by molar-refractivity contribution is -0.121. The summed E-state index contributed by atoms with van der Waals surface area (Å²) >= 11 is 1.73. The molecule has 0 unspecified atom stereocenters. The molecule has 0 radical (unpaired) electrons. The molecule has 0 bridgehead atoms. The molecule has 2 atom stereocenters. The fourth-order valence-electron chi connectivity index (χ4n) is 3.53. The highest BCUT2D eigenvalue weighted by molar-refractivity contribution is 7.89. The predicted octanol–water partition coefficient (Wildman–Crippen LogP) is 3.60. The Balaban J connectivity index is 1.66. The molecule has 8 heteroatoms. The Bertz CT molecular complexity index is 893. The molecular weight excluding hydrogens is 394 g/mol. The van der Waals surface area contributed by atoms with Crippen LogP contribution in [0.15, 0.2) is 46.7 Å². The van der Waals surface area contributed by atoms with E-state index in [1.807, 2.05) is 13.0 Å². The molecule has 0 aliphatic carbocycles. The maximum Gasteiger partial charge on any atom is 0.241 e. The number of anilines is 1. The summed E-state index contributed by atoms with van der Waals surface area (Å²) in [5.74, 6) is -0.0839. The maximum atomic E-state index is 12.8. The first-order valence-electron chi connectivity index (χ1n) is 9.50. The van der Waals surface area contributed by atoms with Crippen LogP contribution in [0.5, 0.6) is 0 Å². The monoisotopic (exact) mass is 421 g/mol. The number of carbonyl (C=O) groups is 1. The van der Waals surface area contributed by atoms with E-state index in [2.05, 4.69) is 26.4 Å². The average Bonchev–Trinajstić information content (AvgIpc) is 3.31. The second-order valence-electron chi connectivity index (χ2n) is 7.38. The number of carbonyl (C=O) groups excluding carboxylic acids is 1. The highest BCUT2D eigenvalue weighted by Crippen LogP contribution is 2.36. The van der Waals surface area contributed by atoms with Crippen LogP contribution in [-0.2, 0) is 14.8 Å². The van der Waals surface area contributed by atoms with Crippen LogP contribution in [0.4, 0.5) is 5.69 Å². The van der Waals surface area contributed by atoms with Crippen molar-refractivity contribution in [2.75, 3.05) is 11.9 Å². The van der Waals surface area contributed by atoms with Crippen molar-refractivity contribution in [3.8, 4) is 0 Å². The third-order valence-electron chi connectivity index (χ3n) is 4.87. The summed E-state index contributed by atoms with van der Waals surface area (Å²) in [6.45, 7) is 6.37. The van der Waals surface area contributed by atoms with Crippen molar-refractivity contribution in [2.45, 2.75) is 56.6 Å². The van der Waals surface area contributed by atoms with Gasteiger partial charge in [0.05, 0.1) is 10.9 Å². The van der Waals surface area contributed by atoms with E-state index >= 15 is 0 Å². The molecule has 2 aromatic rings. The van der Waals surface area contributed by atoms with Crippen LogP contribution >= 0.6 is 11.3 Å². The van der Waals surface area contributed by atoms with Gasteiger partial charge in [-0.3, -0.25) is 9.69 Å². The lowest BCUT2D eigenvalue weighted by atomic mass is 10.1. The molecule has 28 heavy (non-hydrogen) atoms. The molecule has 6 nitrogen and oxygen atoms in total. The number of hydrogen-bond donors (Lipinski definition) is 2. The summed E-state index contributed by atoms with van der Waals surface area (Å²) < 4.78 is 27.0. The summed E-state index contributed by atoms with van der Waals surface area (Å²) in [5.41, 5.74) is 0.590. The number of thiophene rings is 1. The van der Waals surface area contributed by atoms with Crippen molar-refractivity contribution in [3.63, 3.8) is 0 Å². The standard InChI is InChI=1S/C20H27N3O3S2/c1-14(2)22-28(25,26)17-10-8-16(9-11-17)21-20(24)15(3)23-12-4-6-18(23)19-7-5-13-27-19/h5,7-11,13-15,18,22H,4,6,12H2,1-3H3,(H,21,24)/t15-,18+/m0/s1. The SMILES string of the molecule is CC(C)NS(=O)(=O)c1ccc(NC(=O)[C@H](C)N2CCC[C@@H]2c2cccs2)cc1. The first kappa shape index (κ1) is 21.0. The van der Waals surface area contributed by atoms with Gasteiger partial charge in [-0.25, -0.2) is 13.1 Å². The van der Waals surface area contributed by atoms with Gasteiger partial charge in [0.1, 0.15) is 0 Å². The minimum absolute atomic E-state index is 0.0839. The summed E-state index contributed by atoms with van der Waals surface area (Å²) in [5, 5.41) is 4.98. The molecular formula is C20H27N3O3S2. The Morgan fingerprint density at radius 2 is 1.89 bits per heavy atom. The smallest absolute Gasteiger partial charge is 0.241 e. The first-order chi connectivity index (χ1) is 13.3. The summed E-state index contributed by atoms with van der Waals surface area (Å²) in [6.07, 6.45) is 2.14. The normalized spacial score (nSPS) is 19.1. The Labute approximate surface area is 171 Å². The Kier molecular flexibility index (Phi) is 6.54. The molecule has 1 aromatic carbocycles. The lowest BCUT2D eigenvalue weighted by Crippen LogP contribution is -2.41. The van der Waals surface area contributed by atoms with Crippen LogP contribution in [0.25, 0.3) is 0 Å². The summed E-state index contributed by atoms with van der Waals surface area (Å²) in [4.78, 5) is 16.5. The van der Waals surface area contributed by atoms with E-state index in [1.54, 1.807) is 37.3 Å². The number of nitrogens with one attached hydrogen (secondary N) is 2. The minimum atomic E-state index is -3.54. The molecule has 0 saturated carbocycles. The van der Waals surface area contributed by atoms with Crippen LogP contribution in [0.1, 0.15) is 44.5 Å². The fourth-order valence-corrected chi connectivity index (χ4v) is 5.66. The number of likely N-dealkylation sites (tertiary alicyclic amines) is 1. The van der Waals surface area contributed by atoms with Gasteiger partial charge < -0.3 is 5.32 Å². The van der Waals surface area contributed by atoms with Gasteiger partial charge in [-0.15, -0.1) is 11.3 Å². The molecule has 0 spiro atoms. The second kappa shape index (κ2) is 8.73. The third-order valence-corrected chi connectivity index (χ3v) is 7.51. The number of hydrogen-bond acceptors (Lipinski definition) is 5. The van der Waals surface area contributed by atoms with Crippen molar-refractivity contribution in [1.82, 2.24) is 9.62 Å². The Morgan fingerprint density at radius 3 is 2.50 bits per heavy atom. The third kappa shape index (κ3) is 4.81. The van der Waals surface area contributed by atoms with Crippen molar-refractivity contribution >= 4 is 33.0 Å². The summed E-state index contributed by atoms with van der Waals surface area (Å²) in [7, 11) is -3.54. The Morgan fingerprint density at radius 1 is 1.18 bits per heavy atom. The van der Waals surface area contributed by atoms with Gasteiger partial charge in [-0.1, -0.05) is 6.07 Å². The number of nitrogens with zero attached hydrogens (tertiary/aromatic N) is 1. The van der Waals surface area contributed by atoms with Gasteiger partial charge in [0, 0.05) is 22.6 Å². The number of amides is 1. The van der Waals surface area contributed by atoms with Crippen molar-refractivity contribution in [2.24, 2.45) is 0 Å². The highest BCUT2D eigenvalue weighted by atomic mass is 32.2. The highest BCUT2D eigenvalue weighted by Gasteiger charge is 2.33. The van der Waals surface area contributed by atoms with Crippen molar-refractivity contribution < 1.29 is 13.2 Å². The summed E-state index contributed by atoms with van der Waals surface area (Å²) in [6, 6.07) is 10.3. The van der Waals surface area contributed by atoms with Crippen molar-refractivity contribution in [3.05, 3.63) is 46.7 Å². The van der Waals surface area contributed by atoms with E-state index in [-0.39, 0.29) is 28.9 Å². The van der Waals surface area contributed by atoms with Gasteiger partial charge >= 0.3 is 0 Å². The first-order valence-corrected chi connectivity index (χ1v) is 11.9. The van der Waals surface area contributed by atoms with E-state index in [1.165, 1.54) is 17.0 Å². The fraction of sp³-hybridized carbons (Fsp3) is 0.450. The zero-order chi connectivity index (χ0) is 20.3. The van der Waals surface area contributed by atoms with Crippen LogP contribution < -0.4 is 10.0 Å². The van der Waals surface area contributed by atoms with Gasteiger partial charge in [0.25, 0.3) is 0 Å². The molecule has 1 aliphatic rings. The minimum Gasteiger partial charge on any atom is -0.325 e. The predicted molar refractivity (Wildman–Crippen MR) is 113 cm³/mol. The number of rotatable bonds is 7. The maximum absolute atomic E-state index is 12.8. The van der Waals surface area contributed by atoms with Gasteiger partial charge in [0.15, 0.2) is 0 Å². The average molecular weight is 422 g/mol. The lowest BCUT2D eigenvalue weighted by Gasteiger charge is -2.29. The van der Waals surface area contributed by atoms with E-state index in [0.29, 0.717) is 5.69 Å². The zero-order valence-electron chi connectivity index (χ0n) is 16.4. The molecule has 2 N–H and O–H groups in total. The van der Waals surface area contributed by atoms with Gasteiger partial charge in [-0.05, 0) is 75.9 Å². The van der Waals surface area contributed by atoms with Gasteiger partial charge in [-0.2, -0.15) is 0 Å². The molecule has 1 fully saturated rings. The molecule has 2 heterocycles. The van der Waals surface area contributed by atoms with E-state index in [0.717, 1.165) is 19.4 Å². The Hall–Kier alpha value is -1.74. The molecule has 3 rings (SSSR count). The number of sulfonamides is 1. The molecule has 1 saturated heterocycles. The number of benzene rings is 1. The van der Waals surface area contributed by atoms with E-state index in [4.69, 9.17) is 0 Å². The molecule has 1 aromatic heterocycles. The largest absolute Gasteiger partial charge is 0.325 e. The zero-order valence-corrected chi connectivity index (χ0v) is 18.0. The van der Waals surface area contributed by atoms with Crippen LogP contribution in [0.3, 0.4) is 0 Å².